The molecule has 0 saturated carbocycles. The summed E-state index contributed by atoms with van der Waals surface area (Å²) < 4.78 is 3.43. The van der Waals surface area contributed by atoms with E-state index in [4.69, 9.17) is 22.4 Å². The average Bonchev–Trinajstić information content (AvgIpc) is 3.13. The quantitative estimate of drug-likeness (QED) is 0.411. The molecule has 0 bridgehead atoms. The monoisotopic (exact) mass is 460 g/mol. The van der Waals surface area contributed by atoms with Crippen LogP contribution in [0, 0.1) is 0 Å². The van der Waals surface area contributed by atoms with Gasteiger partial charge in [-0.3, -0.25) is 4.79 Å². The molecule has 9 heteroatoms. The Bertz CT molecular complexity index is 1590. The van der Waals surface area contributed by atoms with Gasteiger partial charge in [-0.1, -0.05) is 35.9 Å². The molecule has 3 heterocycles. The molecule has 0 fully saturated rings. The fourth-order valence-electron chi connectivity index (χ4n) is 4.22. The van der Waals surface area contributed by atoms with Gasteiger partial charge in [0.05, 0.1) is 22.3 Å². The number of aromatic hydroxyl groups is 1. The zero-order valence-electron chi connectivity index (χ0n) is 18.0. The van der Waals surface area contributed by atoms with Gasteiger partial charge in [0.1, 0.15) is 23.6 Å². The largest absolute Gasteiger partial charge is 0.508 e. The number of pyridine rings is 1. The molecule has 166 valence electrons. The standard InChI is InChI=1S/C24H21ClN6O2/c1-13(2)31-16(9-14-5-4-8-18(25)19(14)24(31)33)11-30-23-20(22(26)27-12-28-23)21(29-30)15-6-3-7-17(32)10-15/h3-10,12-13,32H,11H2,1-2H3,(H2,26,27,28). The van der Waals surface area contributed by atoms with E-state index in [1.807, 2.05) is 38.1 Å². The lowest BCUT2D eigenvalue weighted by Gasteiger charge is -2.18. The first-order chi connectivity index (χ1) is 15.8. The summed E-state index contributed by atoms with van der Waals surface area (Å²) >= 11 is 6.35. The van der Waals surface area contributed by atoms with E-state index < -0.39 is 0 Å². The van der Waals surface area contributed by atoms with Crippen molar-refractivity contribution >= 4 is 39.2 Å². The molecule has 0 aliphatic rings. The number of fused-ring (bicyclic) bond motifs is 2. The van der Waals surface area contributed by atoms with Crippen LogP contribution in [0.1, 0.15) is 25.6 Å². The molecule has 0 unspecified atom stereocenters. The Morgan fingerprint density at radius 2 is 1.88 bits per heavy atom. The molecule has 8 nitrogen and oxygen atoms in total. The van der Waals surface area contributed by atoms with Gasteiger partial charge in [0.15, 0.2) is 5.65 Å². The highest BCUT2D eigenvalue weighted by Gasteiger charge is 2.20. The number of nitrogens with two attached hydrogens (primary N) is 1. The van der Waals surface area contributed by atoms with Crippen LogP contribution in [0.3, 0.4) is 0 Å². The summed E-state index contributed by atoms with van der Waals surface area (Å²) in [4.78, 5) is 21.9. The number of rotatable bonds is 4. The van der Waals surface area contributed by atoms with Crippen LogP contribution in [-0.4, -0.2) is 29.4 Å². The number of nitrogens with zero attached hydrogens (tertiary/aromatic N) is 5. The van der Waals surface area contributed by atoms with Crippen LogP contribution in [0.2, 0.25) is 5.02 Å². The van der Waals surface area contributed by atoms with Crippen LogP contribution in [0.15, 0.2) is 59.7 Å². The average molecular weight is 461 g/mol. The van der Waals surface area contributed by atoms with Crippen molar-refractivity contribution in [3.8, 4) is 17.0 Å². The van der Waals surface area contributed by atoms with E-state index in [9.17, 15) is 9.90 Å². The third-order valence-corrected chi connectivity index (χ3v) is 5.93. The first kappa shape index (κ1) is 21.0. The number of hydrogen-bond acceptors (Lipinski definition) is 6. The zero-order valence-corrected chi connectivity index (χ0v) is 18.8. The molecule has 0 spiro atoms. The number of aromatic nitrogens is 5. The van der Waals surface area contributed by atoms with Crippen molar-refractivity contribution in [2.45, 2.75) is 26.4 Å². The van der Waals surface area contributed by atoms with E-state index >= 15 is 0 Å². The Balaban J connectivity index is 1.75. The van der Waals surface area contributed by atoms with Crippen molar-refractivity contribution in [1.29, 1.82) is 0 Å². The lowest BCUT2D eigenvalue weighted by molar-refractivity contribution is 0.475. The van der Waals surface area contributed by atoms with Gasteiger partial charge in [0, 0.05) is 17.3 Å². The summed E-state index contributed by atoms with van der Waals surface area (Å²) in [5, 5.41) is 17.0. The predicted molar refractivity (Wildman–Crippen MR) is 130 cm³/mol. The summed E-state index contributed by atoms with van der Waals surface area (Å²) in [6.07, 6.45) is 1.39. The molecule has 0 amide bonds. The van der Waals surface area contributed by atoms with Gasteiger partial charge in [-0.25, -0.2) is 14.6 Å². The van der Waals surface area contributed by atoms with Gasteiger partial charge >= 0.3 is 0 Å². The molecule has 0 saturated heterocycles. The highest BCUT2D eigenvalue weighted by Crippen LogP contribution is 2.32. The summed E-state index contributed by atoms with van der Waals surface area (Å²) in [7, 11) is 0. The van der Waals surface area contributed by atoms with E-state index in [-0.39, 0.29) is 29.7 Å². The zero-order chi connectivity index (χ0) is 23.3. The maximum Gasteiger partial charge on any atom is 0.260 e. The number of halogens is 1. The molecular weight excluding hydrogens is 440 g/mol. The maximum atomic E-state index is 13.4. The van der Waals surface area contributed by atoms with Gasteiger partial charge in [0.2, 0.25) is 0 Å². The van der Waals surface area contributed by atoms with Gasteiger partial charge in [0.25, 0.3) is 5.56 Å². The first-order valence-electron chi connectivity index (χ1n) is 10.4. The molecule has 0 atom stereocenters. The molecule has 0 radical (unpaired) electrons. The minimum absolute atomic E-state index is 0.0970. The van der Waals surface area contributed by atoms with E-state index in [0.717, 1.165) is 11.1 Å². The van der Waals surface area contributed by atoms with Gasteiger partial charge in [-0.15, -0.1) is 0 Å². The van der Waals surface area contributed by atoms with Crippen molar-refractivity contribution in [3.05, 3.63) is 75.9 Å². The Kier molecular flexibility index (Phi) is 5.02. The van der Waals surface area contributed by atoms with Crippen LogP contribution in [0.25, 0.3) is 33.1 Å². The molecule has 0 aliphatic carbocycles. The number of phenols is 1. The van der Waals surface area contributed by atoms with E-state index in [1.165, 1.54) is 6.33 Å². The van der Waals surface area contributed by atoms with Crippen LogP contribution in [0.5, 0.6) is 5.75 Å². The molecular formula is C24H21ClN6O2. The Labute approximate surface area is 193 Å². The highest BCUT2D eigenvalue weighted by atomic mass is 35.5. The van der Waals surface area contributed by atoms with Crippen molar-refractivity contribution in [2.75, 3.05) is 5.73 Å². The molecule has 0 aliphatic heterocycles. The number of anilines is 1. The molecule has 33 heavy (non-hydrogen) atoms. The van der Waals surface area contributed by atoms with E-state index in [1.54, 1.807) is 33.5 Å². The third kappa shape index (κ3) is 3.48. The van der Waals surface area contributed by atoms with Crippen LogP contribution in [-0.2, 0) is 6.54 Å². The van der Waals surface area contributed by atoms with Gasteiger partial charge < -0.3 is 15.4 Å². The minimum Gasteiger partial charge on any atom is -0.508 e. The maximum absolute atomic E-state index is 13.4. The number of phenolic OH excluding ortho intramolecular Hbond substituents is 1. The predicted octanol–water partition coefficient (Wildman–Crippen LogP) is 4.38. The second-order valence-corrected chi connectivity index (χ2v) is 8.53. The summed E-state index contributed by atoms with van der Waals surface area (Å²) in [5.41, 5.74) is 8.58. The fourth-order valence-corrected chi connectivity index (χ4v) is 4.49. The number of hydrogen-bond donors (Lipinski definition) is 2. The van der Waals surface area contributed by atoms with Gasteiger partial charge in [-0.2, -0.15) is 5.10 Å². The van der Waals surface area contributed by atoms with Crippen LogP contribution >= 0.6 is 11.6 Å². The second kappa shape index (κ2) is 7.90. The first-order valence-corrected chi connectivity index (χ1v) is 10.8. The number of nitrogen functional groups attached to an aromatic ring is 1. The number of benzene rings is 2. The topological polar surface area (TPSA) is 112 Å². The smallest absolute Gasteiger partial charge is 0.260 e. The molecule has 5 aromatic rings. The second-order valence-electron chi connectivity index (χ2n) is 8.12. The SMILES string of the molecule is CC(C)n1c(Cn2nc(-c3cccc(O)c3)c3c(N)ncnc32)cc2cccc(Cl)c2c1=O. The third-order valence-electron chi connectivity index (χ3n) is 5.62. The van der Waals surface area contributed by atoms with Crippen molar-refractivity contribution in [2.24, 2.45) is 0 Å². The van der Waals surface area contributed by atoms with Gasteiger partial charge in [-0.05, 0) is 43.5 Å². The van der Waals surface area contributed by atoms with Crippen molar-refractivity contribution in [1.82, 2.24) is 24.3 Å². The van der Waals surface area contributed by atoms with E-state index in [2.05, 4.69) is 9.97 Å². The Hall–Kier alpha value is -3.91. The summed E-state index contributed by atoms with van der Waals surface area (Å²) in [6.45, 7) is 4.18. The molecule has 3 aromatic heterocycles. The highest BCUT2D eigenvalue weighted by molar-refractivity contribution is 6.35. The molecule has 3 N–H and O–H groups in total. The van der Waals surface area contributed by atoms with Crippen molar-refractivity contribution < 1.29 is 5.11 Å². The minimum atomic E-state index is -0.151. The lowest BCUT2D eigenvalue weighted by atomic mass is 10.1. The molecule has 5 rings (SSSR count). The van der Waals surface area contributed by atoms with Crippen LogP contribution in [0.4, 0.5) is 5.82 Å². The Morgan fingerprint density at radius 3 is 2.64 bits per heavy atom. The normalized spacial score (nSPS) is 11.6. The summed E-state index contributed by atoms with van der Waals surface area (Å²) in [6, 6.07) is 14.0. The van der Waals surface area contributed by atoms with Crippen molar-refractivity contribution in [3.63, 3.8) is 0 Å². The summed E-state index contributed by atoms with van der Waals surface area (Å²) in [5.74, 6) is 0.404. The Morgan fingerprint density at radius 1 is 1.09 bits per heavy atom. The van der Waals surface area contributed by atoms with E-state index in [0.29, 0.717) is 32.7 Å². The lowest BCUT2D eigenvalue weighted by Crippen LogP contribution is -2.27. The van der Waals surface area contributed by atoms with Crippen LogP contribution < -0.4 is 11.3 Å². The molecule has 2 aromatic carbocycles. The fraction of sp³-hybridized carbons (Fsp3) is 0.167.